The number of urea groups is 1. The Hall–Kier alpha value is -1.26. The molecule has 1 saturated carbocycles. The Labute approximate surface area is 226 Å². The van der Waals surface area contributed by atoms with Crippen LogP contribution in [-0.2, 0) is 9.53 Å². The zero-order valence-corrected chi connectivity index (χ0v) is 24.8. The van der Waals surface area contributed by atoms with Crippen molar-refractivity contribution in [1.82, 2.24) is 14.5 Å². The molecule has 1 atom stereocenters. The molecule has 1 N–H and O–H groups in total. The van der Waals surface area contributed by atoms with Crippen molar-refractivity contribution >= 4 is 43.6 Å². The second-order valence-electron chi connectivity index (χ2n) is 11.1. The molecule has 0 bridgehead atoms. The number of imide groups is 1. The molecule has 1 aliphatic heterocycles. The number of unbranched alkanes of at least 4 members (excludes halogenated alkanes) is 2. The van der Waals surface area contributed by atoms with Gasteiger partial charge in [0, 0.05) is 33.0 Å². The molecule has 36 heavy (non-hydrogen) atoms. The van der Waals surface area contributed by atoms with Crippen LogP contribution >= 0.6 is 23.5 Å². The minimum Gasteiger partial charge on any atom is -0.492 e. The highest BCUT2D eigenvalue weighted by Crippen LogP contribution is 2.33. The summed E-state index contributed by atoms with van der Waals surface area (Å²) in [5, 5.41) is 0.662. The van der Waals surface area contributed by atoms with Crippen LogP contribution in [0.5, 0.6) is 5.75 Å². The van der Waals surface area contributed by atoms with Crippen molar-refractivity contribution in [3.63, 3.8) is 0 Å². The summed E-state index contributed by atoms with van der Waals surface area (Å²) in [5.74, 6) is 2.28. The maximum Gasteiger partial charge on any atom is 0.329 e. The first-order valence-corrected chi connectivity index (χ1v) is 18.2. The van der Waals surface area contributed by atoms with Gasteiger partial charge in [-0.25, -0.2) is 9.69 Å². The molecule has 1 aliphatic carbocycles. The zero-order valence-electron chi connectivity index (χ0n) is 22.2. The van der Waals surface area contributed by atoms with Gasteiger partial charge in [-0.1, -0.05) is 55.7 Å². The Kier molecular flexibility index (Phi) is 11.4. The molecule has 2 aliphatic rings. The monoisotopic (exact) mass is 555 g/mol. The lowest BCUT2D eigenvalue weighted by atomic mass is 10.1. The van der Waals surface area contributed by atoms with E-state index in [1.165, 1.54) is 17.7 Å². The van der Waals surface area contributed by atoms with E-state index >= 15 is 0 Å². The van der Waals surface area contributed by atoms with Crippen LogP contribution in [-0.4, -0.2) is 68.6 Å². The molecule has 3 rings (SSSR count). The van der Waals surface area contributed by atoms with Gasteiger partial charge in [-0.15, -0.1) is 0 Å². The van der Waals surface area contributed by atoms with E-state index in [1.54, 1.807) is 16.8 Å². The smallest absolute Gasteiger partial charge is 0.329 e. The van der Waals surface area contributed by atoms with Crippen molar-refractivity contribution in [2.24, 2.45) is 5.92 Å². The maximum atomic E-state index is 12.5. The minimum atomic E-state index is -1.19. The molecule has 1 aromatic rings. The molecule has 0 unspecified atom stereocenters. The summed E-state index contributed by atoms with van der Waals surface area (Å²) in [6, 6.07) is 6.97. The summed E-state index contributed by atoms with van der Waals surface area (Å²) in [7, 11) is -1.19. The third-order valence-electron chi connectivity index (χ3n) is 6.41. The summed E-state index contributed by atoms with van der Waals surface area (Å²) in [5.41, 5.74) is 1.16. The molecule has 1 aromatic carbocycles. The molecular formula is C26H42ClN3O4SSi. The lowest BCUT2D eigenvalue weighted by molar-refractivity contribution is -0.128. The number of nitrogens with one attached hydrogen (secondary N) is 1. The van der Waals surface area contributed by atoms with Gasteiger partial charge in [0.15, 0.2) is 0 Å². The molecular weight excluding hydrogens is 514 g/mol. The predicted octanol–water partition coefficient (Wildman–Crippen LogP) is 6.17. The molecule has 7 nitrogen and oxygen atoms in total. The summed E-state index contributed by atoms with van der Waals surface area (Å²) in [6.45, 7) is 11.2. The maximum absolute atomic E-state index is 12.5. The third kappa shape index (κ3) is 9.89. The Morgan fingerprint density at radius 2 is 1.97 bits per heavy atom. The van der Waals surface area contributed by atoms with Crippen molar-refractivity contribution in [3.8, 4) is 5.75 Å². The van der Waals surface area contributed by atoms with E-state index in [0.717, 1.165) is 49.0 Å². The average molecular weight is 556 g/mol. The quantitative estimate of drug-likeness (QED) is 0.107. The van der Waals surface area contributed by atoms with Gasteiger partial charge in [0.2, 0.25) is 0 Å². The minimum absolute atomic E-state index is 0.0703. The lowest BCUT2D eigenvalue weighted by Crippen LogP contribution is -2.35. The van der Waals surface area contributed by atoms with E-state index in [1.807, 2.05) is 18.2 Å². The molecule has 0 radical (unpaired) electrons. The van der Waals surface area contributed by atoms with Crippen LogP contribution in [0.15, 0.2) is 18.2 Å². The van der Waals surface area contributed by atoms with Crippen molar-refractivity contribution in [2.75, 3.05) is 38.8 Å². The molecule has 202 valence electrons. The molecule has 0 spiro atoms. The van der Waals surface area contributed by atoms with Gasteiger partial charge in [-0.05, 0) is 62.3 Å². The number of rotatable bonds is 17. The Bertz CT molecular complexity index is 881. The summed E-state index contributed by atoms with van der Waals surface area (Å²) >= 11 is 8.00. The van der Waals surface area contributed by atoms with Gasteiger partial charge in [-0.2, -0.15) is 0 Å². The molecule has 0 aromatic heterocycles. The second kappa shape index (κ2) is 14.0. The standard InChI is InChI=1S/C26H42ClN3O4SSi/c1-20(22-10-11-23(27)24(16-22)34-18-21-8-9-21)28-35-14-7-5-6-12-29-17-25(31)30(26(29)32)19-33-13-15-36(2,3)4/h10-11,16,20-21,28H,5-9,12-15,17-19H2,1-4H3/t20-/m0/s1. The number of amides is 3. The van der Waals surface area contributed by atoms with E-state index in [4.69, 9.17) is 21.1 Å². The molecule has 1 heterocycles. The first-order valence-electron chi connectivity index (χ1n) is 13.1. The van der Waals surface area contributed by atoms with E-state index in [-0.39, 0.29) is 31.3 Å². The van der Waals surface area contributed by atoms with Crippen LogP contribution in [0.1, 0.15) is 50.6 Å². The summed E-state index contributed by atoms with van der Waals surface area (Å²) in [6.07, 6.45) is 5.45. The summed E-state index contributed by atoms with van der Waals surface area (Å²) < 4.78 is 15.0. The van der Waals surface area contributed by atoms with Crippen LogP contribution in [0.4, 0.5) is 4.79 Å². The van der Waals surface area contributed by atoms with Crippen LogP contribution in [0.3, 0.4) is 0 Å². The van der Waals surface area contributed by atoms with E-state index in [2.05, 4.69) is 31.3 Å². The van der Waals surface area contributed by atoms with Crippen molar-refractivity contribution in [1.29, 1.82) is 0 Å². The van der Waals surface area contributed by atoms with E-state index in [9.17, 15) is 9.59 Å². The first kappa shape index (κ1) is 29.3. The van der Waals surface area contributed by atoms with Crippen LogP contribution in [0.25, 0.3) is 0 Å². The molecule has 3 amide bonds. The molecule has 2 fully saturated rings. The number of nitrogens with zero attached hydrogens (tertiary/aromatic N) is 2. The fourth-order valence-electron chi connectivity index (χ4n) is 3.73. The number of carbonyl (C=O) groups is 2. The van der Waals surface area contributed by atoms with Gasteiger partial charge in [0.25, 0.3) is 5.91 Å². The predicted molar refractivity (Wildman–Crippen MR) is 150 cm³/mol. The molecule has 1 saturated heterocycles. The Balaban J connectivity index is 1.26. The molecule has 10 heteroatoms. The highest BCUT2D eigenvalue weighted by Gasteiger charge is 2.35. The number of benzene rings is 1. The van der Waals surface area contributed by atoms with E-state index < -0.39 is 8.07 Å². The van der Waals surface area contributed by atoms with Gasteiger partial charge in [0.05, 0.1) is 11.6 Å². The number of hydrogen-bond acceptors (Lipinski definition) is 6. The van der Waals surface area contributed by atoms with Gasteiger partial charge in [0.1, 0.15) is 19.0 Å². The number of carbonyl (C=O) groups excluding carboxylic acids is 2. The number of hydrogen-bond donors (Lipinski definition) is 1. The Morgan fingerprint density at radius 1 is 1.19 bits per heavy atom. The largest absolute Gasteiger partial charge is 0.492 e. The fourth-order valence-corrected chi connectivity index (χ4v) is 5.51. The normalized spacial score (nSPS) is 17.2. The van der Waals surface area contributed by atoms with Crippen LogP contribution in [0.2, 0.25) is 30.7 Å². The highest BCUT2D eigenvalue weighted by molar-refractivity contribution is 7.97. The number of ether oxygens (including phenoxy) is 2. The number of halogens is 1. The average Bonchev–Trinajstić information content (AvgIpc) is 3.61. The topological polar surface area (TPSA) is 71.1 Å². The van der Waals surface area contributed by atoms with Gasteiger partial charge >= 0.3 is 6.03 Å². The Morgan fingerprint density at radius 3 is 2.69 bits per heavy atom. The fraction of sp³-hybridized carbons (Fsp3) is 0.692. The van der Waals surface area contributed by atoms with E-state index in [0.29, 0.717) is 24.1 Å². The van der Waals surface area contributed by atoms with Gasteiger partial charge < -0.3 is 14.4 Å². The first-order chi connectivity index (χ1) is 17.1. The van der Waals surface area contributed by atoms with Crippen molar-refractivity contribution < 1.29 is 19.1 Å². The highest BCUT2D eigenvalue weighted by atomic mass is 35.5. The van der Waals surface area contributed by atoms with Crippen LogP contribution in [0, 0.1) is 5.92 Å². The SMILES string of the molecule is C[C@H](NSCCCCCN1CC(=O)N(COCC[Si](C)(C)C)C1=O)c1ccc(Cl)c(OCC2CC2)c1. The summed E-state index contributed by atoms with van der Waals surface area (Å²) in [4.78, 5) is 27.6. The van der Waals surface area contributed by atoms with Gasteiger partial charge in [-0.3, -0.25) is 9.52 Å². The van der Waals surface area contributed by atoms with Crippen LogP contribution < -0.4 is 9.46 Å². The second-order valence-corrected chi connectivity index (χ2v) is 18.0. The third-order valence-corrected chi connectivity index (χ3v) is 9.44. The lowest BCUT2D eigenvalue weighted by Gasteiger charge is -2.19. The van der Waals surface area contributed by atoms with Crippen molar-refractivity contribution in [3.05, 3.63) is 28.8 Å². The zero-order chi connectivity index (χ0) is 26.1. The van der Waals surface area contributed by atoms with Crippen molar-refractivity contribution in [2.45, 2.75) is 70.8 Å².